The van der Waals surface area contributed by atoms with E-state index in [1.807, 2.05) is 0 Å². The number of aliphatic hydroxyl groups is 1. The zero-order valence-electron chi connectivity index (χ0n) is 18.4. The lowest BCUT2D eigenvalue weighted by molar-refractivity contribution is 0.0653. The highest BCUT2D eigenvalue weighted by Gasteiger charge is 2.10. The average molecular weight is 586 g/mol. The highest BCUT2D eigenvalue weighted by molar-refractivity contribution is 14.0. The Labute approximate surface area is 210 Å². The topological polar surface area (TPSA) is 164 Å². The summed E-state index contributed by atoms with van der Waals surface area (Å²) in [7, 11) is 4.25. The first-order valence-electron chi connectivity index (χ1n) is 9.15. The smallest absolute Gasteiger partial charge is 0.371 e. The lowest BCUT2D eigenvalue weighted by Gasteiger charge is -1.97. The third-order valence-electron chi connectivity index (χ3n) is 3.69. The van der Waals surface area contributed by atoms with E-state index in [4.69, 9.17) is 24.2 Å². The first-order valence-corrected chi connectivity index (χ1v) is 9.15. The Balaban J connectivity index is 0.000000527. The molecule has 182 valence electrons. The van der Waals surface area contributed by atoms with Crippen LogP contribution in [0.2, 0.25) is 0 Å². The van der Waals surface area contributed by atoms with E-state index in [1.54, 1.807) is 62.8 Å². The number of ether oxygens (including phenoxy) is 1. The van der Waals surface area contributed by atoms with Crippen molar-refractivity contribution < 1.29 is 38.5 Å². The number of hydrogen-bond acceptors (Lipinski definition) is 8. The summed E-state index contributed by atoms with van der Waals surface area (Å²) in [4.78, 5) is 43.9. The molecule has 0 aliphatic carbocycles. The fourth-order valence-corrected chi connectivity index (χ4v) is 2.42. The number of carboxylic acids is 2. The number of hydrogen-bond donors (Lipinski definition) is 3. The molecule has 0 atom stereocenters. The number of fused-ring (bicyclic) bond motifs is 2. The van der Waals surface area contributed by atoms with Gasteiger partial charge in [-0.15, -0.1) is 24.0 Å². The molecular weight excluding hydrogens is 563 g/mol. The van der Waals surface area contributed by atoms with E-state index in [0.29, 0.717) is 10.8 Å². The average Bonchev–Trinajstić information content (AvgIpc) is 2.81. The summed E-state index contributed by atoms with van der Waals surface area (Å²) in [5.74, 6) is -3.16. The Kier molecular flexibility index (Phi) is 13.7. The standard InChI is InChI=1S/2C10H6O4.C2H6O.CH4O.HI/c2*11-7-5-9(10(12)13)14-8-4-2-1-3-6(7)8;1-3-2;1-2;/h2*1-5H,(H,12,13);1-2H3;2H,1H3;1H. The van der Waals surface area contributed by atoms with E-state index < -0.39 is 11.9 Å². The third-order valence-corrected chi connectivity index (χ3v) is 3.69. The molecule has 0 aliphatic rings. The maximum Gasteiger partial charge on any atom is 0.371 e. The quantitative estimate of drug-likeness (QED) is 0.296. The fourth-order valence-electron chi connectivity index (χ4n) is 2.42. The molecule has 0 amide bonds. The van der Waals surface area contributed by atoms with Gasteiger partial charge in [0.2, 0.25) is 11.5 Å². The van der Waals surface area contributed by atoms with E-state index in [-0.39, 0.29) is 57.5 Å². The van der Waals surface area contributed by atoms with Gasteiger partial charge in [0.25, 0.3) is 0 Å². The Morgan fingerprint density at radius 2 is 1.00 bits per heavy atom. The van der Waals surface area contributed by atoms with Crippen molar-refractivity contribution in [1.29, 1.82) is 0 Å². The normalized spacial score (nSPS) is 9.18. The van der Waals surface area contributed by atoms with Gasteiger partial charge in [-0.1, -0.05) is 24.3 Å². The van der Waals surface area contributed by atoms with E-state index in [0.717, 1.165) is 19.2 Å². The van der Waals surface area contributed by atoms with Gasteiger partial charge in [-0.05, 0) is 24.3 Å². The van der Waals surface area contributed by atoms with Gasteiger partial charge in [0.1, 0.15) is 11.2 Å². The molecule has 2 heterocycles. The minimum absolute atomic E-state index is 0. The number of benzene rings is 2. The van der Waals surface area contributed by atoms with Crippen molar-refractivity contribution >= 4 is 57.9 Å². The molecule has 0 saturated heterocycles. The van der Waals surface area contributed by atoms with Crippen LogP contribution in [-0.4, -0.2) is 48.6 Å². The van der Waals surface area contributed by atoms with Crippen molar-refractivity contribution in [3.63, 3.8) is 0 Å². The van der Waals surface area contributed by atoms with E-state index in [1.165, 1.54) is 0 Å². The number of halogens is 1. The van der Waals surface area contributed by atoms with Gasteiger partial charge < -0.3 is 28.9 Å². The van der Waals surface area contributed by atoms with Gasteiger partial charge in [-0.3, -0.25) is 9.59 Å². The molecule has 0 unspecified atom stereocenters. The van der Waals surface area contributed by atoms with Crippen LogP contribution in [0.15, 0.2) is 79.1 Å². The second-order valence-corrected chi connectivity index (χ2v) is 5.96. The van der Waals surface area contributed by atoms with Crippen molar-refractivity contribution in [1.82, 2.24) is 0 Å². The summed E-state index contributed by atoms with van der Waals surface area (Å²) in [6.07, 6.45) is 0. The minimum Gasteiger partial charge on any atom is -0.475 e. The number of aliphatic hydroxyl groups excluding tert-OH is 1. The van der Waals surface area contributed by atoms with Crippen LogP contribution in [0.3, 0.4) is 0 Å². The summed E-state index contributed by atoms with van der Waals surface area (Å²) >= 11 is 0. The SMILES string of the molecule is CO.COC.I.O=C(O)c1cc(=O)c2ccccc2o1.O=C(O)c1cc(=O)c2ccccc2o1. The van der Waals surface area contributed by atoms with Crippen LogP contribution in [0, 0.1) is 0 Å². The molecule has 2 aromatic carbocycles. The molecule has 0 spiro atoms. The maximum absolute atomic E-state index is 11.4. The summed E-state index contributed by atoms with van der Waals surface area (Å²) in [5.41, 5.74) is -0.108. The van der Waals surface area contributed by atoms with Crippen molar-refractivity contribution in [2.24, 2.45) is 0 Å². The monoisotopic (exact) mass is 586 g/mol. The maximum atomic E-state index is 11.4. The first kappa shape index (κ1) is 30.4. The largest absolute Gasteiger partial charge is 0.475 e. The number of aromatic carboxylic acids is 2. The van der Waals surface area contributed by atoms with Gasteiger partial charge in [-0.2, -0.15) is 0 Å². The van der Waals surface area contributed by atoms with Crippen LogP contribution in [0.25, 0.3) is 21.9 Å². The Hall–Kier alpha value is -3.55. The van der Waals surface area contributed by atoms with E-state index in [9.17, 15) is 19.2 Å². The highest BCUT2D eigenvalue weighted by atomic mass is 127. The van der Waals surface area contributed by atoms with Gasteiger partial charge in [0.05, 0.1) is 10.8 Å². The second-order valence-electron chi connectivity index (χ2n) is 5.96. The molecule has 4 rings (SSSR count). The lowest BCUT2D eigenvalue weighted by atomic mass is 10.2. The number of carboxylic acid groups (broad SMARTS) is 2. The Morgan fingerprint density at radius 1 is 0.706 bits per heavy atom. The Bertz CT molecular complexity index is 1240. The van der Waals surface area contributed by atoms with Crippen LogP contribution >= 0.6 is 24.0 Å². The molecule has 11 heteroatoms. The molecular formula is C23H23IO10. The molecule has 0 aliphatic heterocycles. The van der Waals surface area contributed by atoms with Crippen molar-refractivity contribution in [3.05, 3.63) is 92.6 Å². The molecule has 0 saturated carbocycles. The van der Waals surface area contributed by atoms with Gasteiger partial charge >= 0.3 is 11.9 Å². The van der Waals surface area contributed by atoms with Crippen LogP contribution < -0.4 is 10.9 Å². The molecule has 4 aromatic rings. The van der Waals surface area contributed by atoms with Crippen LogP contribution in [0.1, 0.15) is 21.1 Å². The summed E-state index contributed by atoms with van der Waals surface area (Å²) in [5, 5.41) is 25.0. The predicted octanol–water partition coefficient (Wildman–Crippen LogP) is 3.47. The van der Waals surface area contributed by atoms with Gasteiger partial charge in [0, 0.05) is 33.5 Å². The zero-order chi connectivity index (χ0) is 25.0. The van der Waals surface area contributed by atoms with Crippen LogP contribution in [0.5, 0.6) is 0 Å². The Morgan fingerprint density at radius 3 is 1.29 bits per heavy atom. The van der Waals surface area contributed by atoms with E-state index >= 15 is 0 Å². The first-order chi connectivity index (χ1) is 15.8. The number of methoxy groups -OCH3 is 1. The molecule has 3 N–H and O–H groups in total. The predicted molar refractivity (Wildman–Crippen MR) is 135 cm³/mol. The number of carbonyl (C=O) groups is 2. The molecule has 0 bridgehead atoms. The summed E-state index contributed by atoms with van der Waals surface area (Å²) in [6, 6.07) is 15.0. The highest BCUT2D eigenvalue weighted by Crippen LogP contribution is 2.12. The van der Waals surface area contributed by atoms with Crippen molar-refractivity contribution in [2.45, 2.75) is 0 Å². The lowest BCUT2D eigenvalue weighted by Crippen LogP contribution is -2.05. The van der Waals surface area contributed by atoms with Crippen LogP contribution in [0.4, 0.5) is 0 Å². The number of para-hydroxylation sites is 2. The van der Waals surface area contributed by atoms with Gasteiger partial charge in [0.15, 0.2) is 10.9 Å². The molecule has 2 aromatic heterocycles. The second kappa shape index (κ2) is 15.3. The van der Waals surface area contributed by atoms with Gasteiger partial charge in [-0.25, -0.2) is 9.59 Å². The molecule has 10 nitrogen and oxygen atoms in total. The molecule has 0 radical (unpaired) electrons. The van der Waals surface area contributed by atoms with E-state index in [2.05, 4.69) is 4.74 Å². The zero-order valence-corrected chi connectivity index (χ0v) is 20.7. The summed E-state index contributed by atoms with van der Waals surface area (Å²) in [6.45, 7) is 0. The molecule has 0 fully saturated rings. The van der Waals surface area contributed by atoms with Crippen LogP contribution in [-0.2, 0) is 4.74 Å². The molecule has 34 heavy (non-hydrogen) atoms. The van der Waals surface area contributed by atoms with Crippen molar-refractivity contribution in [2.75, 3.05) is 21.3 Å². The van der Waals surface area contributed by atoms with Crippen molar-refractivity contribution in [3.8, 4) is 0 Å². The third kappa shape index (κ3) is 8.42. The number of rotatable bonds is 2. The fraction of sp³-hybridized carbons (Fsp3) is 0.130. The summed E-state index contributed by atoms with van der Waals surface area (Å²) < 4.78 is 14.3. The minimum atomic E-state index is -1.24.